The average Bonchev–Trinajstić information content (AvgIpc) is 3.03. The predicted molar refractivity (Wildman–Crippen MR) is 81.8 cm³/mol. The van der Waals surface area contributed by atoms with Gasteiger partial charge in [0, 0.05) is 25.3 Å². The van der Waals surface area contributed by atoms with E-state index in [1.165, 1.54) is 13.3 Å². The molecule has 114 valence electrons. The van der Waals surface area contributed by atoms with Crippen LogP contribution in [0, 0.1) is 0 Å². The van der Waals surface area contributed by atoms with Gasteiger partial charge in [-0.2, -0.15) is 0 Å². The summed E-state index contributed by atoms with van der Waals surface area (Å²) in [6.07, 6.45) is 5.77. The third-order valence-corrected chi connectivity index (χ3v) is 3.54. The van der Waals surface area contributed by atoms with Gasteiger partial charge in [0.2, 0.25) is 0 Å². The number of ether oxygens (including phenoxy) is 1. The van der Waals surface area contributed by atoms with Crippen molar-refractivity contribution in [1.29, 1.82) is 0 Å². The molecule has 3 heterocycles. The molecule has 0 aromatic carbocycles. The molecule has 1 N–H and O–H groups in total. The number of carbonyl (C=O) groups is 1. The third-order valence-electron chi connectivity index (χ3n) is 3.54. The molecule has 1 aliphatic heterocycles. The lowest BCUT2D eigenvalue weighted by molar-refractivity contribution is 0.0593. The van der Waals surface area contributed by atoms with Crippen LogP contribution in [-0.2, 0) is 4.74 Å². The van der Waals surface area contributed by atoms with Crippen molar-refractivity contribution in [3.05, 3.63) is 42.5 Å². The molecule has 0 amide bonds. The monoisotopic (exact) mass is 299 g/mol. The van der Waals surface area contributed by atoms with E-state index in [4.69, 9.17) is 0 Å². The van der Waals surface area contributed by atoms with Gasteiger partial charge in [-0.25, -0.2) is 14.8 Å². The van der Waals surface area contributed by atoms with Crippen molar-refractivity contribution in [3.8, 4) is 0 Å². The van der Waals surface area contributed by atoms with Crippen LogP contribution >= 0.6 is 0 Å². The highest BCUT2D eigenvalue weighted by atomic mass is 16.5. The van der Waals surface area contributed by atoms with Gasteiger partial charge < -0.3 is 15.0 Å². The van der Waals surface area contributed by atoms with Crippen molar-refractivity contribution in [1.82, 2.24) is 15.0 Å². The number of hydrogen-bond donors (Lipinski definition) is 1. The second-order valence-corrected chi connectivity index (χ2v) is 5.05. The van der Waals surface area contributed by atoms with E-state index in [1.54, 1.807) is 12.4 Å². The SMILES string of the molecule is COC(=O)c1cncc(N[C@@H]2CCN(c3ccccn3)C2)n1. The van der Waals surface area contributed by atoms with Crippen molar-refractivity contribution in [2.24, 2.45) is 0 Å². The van der Waals surface area contributed by atoms with E-state index < -0.39 is 5.97 Å². The number of methoxy groups -OCH3 is 1. The second-order valence-electron chi connectivity index (χ2n) is 5.05. The van der Waals surface area contributed by atoms with Gasteiger partial charge in [-0.3, -0.25) is 4.98 Å². The van der Waals surface area contributed by atoms with Gasteiger partial charge in [0.15, 0.2) is 5.69 Å². The minimum Gasteiger partial charge on any atom is -0.464 e. The summed E-state index contributed by atoms with van der Waals surface area (Å²) in [7, 11) is 1.33. The summed E-state index contributed by atoms with van der Waals surface area (Å²) in [5, 5.41) is 3.31. The van der Waals surface area contributed by atoms with E-state index in [9.17, 15) is 4.79 Å². The van der Waals surface area contributed by atoms with Crippen LogP contribution < -0.4 is 10.2 Å². The predicted octanol–water partition coefficient (Wildman–Crippen LogP) is 1.35. The van der Waals surface area contributed by atoms with Crippen LogP contribution in [0.2, 0.25) is 0 Å². The lowest BCUT2D eigenvalue weighted by Gasteiger charge is -2.18. The molecule has 0 spiro atoms. The Balaban J connectivity index is 1.64. The van der Waals surface area contributed by atoms with Crippen LogP contribution in [0.1, 0.15) is 16.9 Å². The molecule has 1 saturated heterocycles. The maximum Gasteiger partial charge on any atom is 0.358 e. The van der Waals surface area contributed by atoms with Crippen molar-refractivity contribution < 1.29 is 9.53 Å². The number of esters is 1. The molecular weight excluding hydrogens is 282 g/mol. The van der Waals surface area contributed by atoms with Gasteiger partial charge >= 0.3 is 5.97 Å². The van der Waals surface area contributed by atoms with Gasteiger partial charge in [0.25, 0.3) is 0 Å². The molecule has 7 nitrogen and oxygen atoms in total. The van der Waals surface area contributed by atoms with E-state index in [0.717, 1.165) is 25.3 Å². The van der Waals surface area contributed by atoms with Crippen LogP contribution in [0.4, 0.5) is 11.6 Å². The summed E-state index contributed by atoms with van der Waals surface area (Å²) < 4.78 is 4.65. The molecule has 1 fully saturated rings. The molecule has 2 aromatic rings. The number of nitrogens with one attached hydrogen (secondary N) is 1. The summed E-state index contributed by atoms with van der Waals surface area (Å²) in [6.45, 7) is 1.76. The average molecular weight is 299 g/mol. The largest absolute Gasteiger partial charge is 0.464 e. The fraction of sp³-hybridized carbons (Fsp3) is 0.333. The standard InChI is InChI=1S/C15H17N5O2/c1-22-15(21)12-8-16-9-13(19-12)18-11-5-7-20(10-11)14-4-2-3-6-17-14/h2-4,6,8-9,11H,5,7,10H2,1H3,(H,18,19)/t11-/m1/s1. The number of carbonyl (C=O) groups excluding carboxylic acids is 1. The van der Waals surface area contributed by atoms with Crippen LogP contribution in [0.15, 0.2) is 36.8 Å². The first-order valence-electron chi connectivity index (χ1n) is 7.09. The Bertz CT molecular complexity index is 649. The van der Waals surface area contributed by atoms with E-state index in [1.807, 2.05) is 18.2 Å². The lowest BCUT2D eigenvalue weighted by atomic mass is 10.2. The zero-order chi connectivity index (χ0) is 15.4. The smallest absolute Gasteiger partial charge is 0.358 e. The summed E-state index contributed by atoms with van der Waals surface area (Å²) in [6, 6.07) is 6.13. The first kappa shape index (κ1) is 14.2. The first-order chi connectivity index (χ1) is 10.8. The minimum atomic E-state index is -0.488. The molecule has 0 aliphatic carbocycles. The summed E-state index contributed by atoms with van der Waals surface area (Å²) in [5.41, 5.74) is 0.201. The highest BCUT2D eigenvalue weighted by molar-refractivity contribution is 5.87. The van der Waals surface area contributed by atoms with Gasteiger partial charge in [0.05, 0.1) is 19.5 Å². The maximum atomic E-state index is 11.5. The molecule has 0 unspecified atom stereocenters. The summed E-state index contributed by atoms with van der Waals surface area (Å²) in [4.78, 5) is 26.3. The van der Waals surface area contributed by atoms with Crippen molar-refractivity contribution in [3.63, 3.8) is 0 Å². The topological polar surface area (TPSA) is 80.2 Å². The molecule has 0 saturated carbocycles. The molecular formula is C15H17N5O2. The first-order valence-corrected chi connectivity index (χ1v) is 7.09. The fourth-order valence-corrected chi connectivity index (χ4v) is 2.47. The Kier molecular flexibility index (Phi) is 4.13. The number of aromatic nitrogens is 3. The van der Waals surface area contributed by atoms with Gasteiger partial charge in [-0.1, -0.05) is 6.07 Å². The van der Waals surface area contributed by atoms with Crippen LogP contribution in [-0.4, -0.2) is 47.2 Å². The molecule has 1 atom stereocenters. The van der Waals surface area contributed by atoms with E-state index in [0.29, 0.717) is 5.82 Å². The second kappa shape index (κ2) is 6.38. The molecule has 0 bridgehead atoms. The molecule has 0 radical (unpaired) electrons. The van der Waals surface area contributed by atoms with Crippen molar-refractivity contribution >= 4 is 17.6 Å². The molecule has 3 rings (SSSR count). The van der Waals surface area contributed by atoms with Gasteiger partial charge in [-0.15, -0.1) is 0 Å². The highest BCUT2D eigenvalue weighted by Crippen LogP contribution is 2.19. The Hall–Kier alpha value is -2.70. The van der Waals surface area contributed by atoms with Crippen LogP contribution in [0.3, 0.4) is 0 Å². The Morgan fingerprint density at radius 3 is 3.09 bits per heavy atom. The molecule has 2 aromatic heterocycles. The number of anilines is 2. The van der Waals surface area contributed by atoms with E-state index in [2.05, 4.69) is 29.9 Å². The van der Waals surface area contributed by atoms with Crippen LogP contribution in [0.25, 0.3) is 0 Å². The number of pyridine rings is 1. The Labute approximate surface area is 128 Å². The van der Waals surface area contributed by atoms with Gasteiger partial charge in [-0.05, 0) is 18.6 Å². The van der Waals surface area contributed by atoms with Gasteiger partial charge in [0.1, 0.15) is 11.6 Å². The number of rotatable bonds is 4. The summed E-state index contributed by atoms with van der Waals surface area (Å²) >= 11 is 0. The normalized spacial score (nSPS) is 17.3. The fourth-order valence-electron chi connectivity index (χ4n) is 2.47. The Morgan fingerprint density at radius 1 is 1.41 bits per heavy atom. The van der Waals surface area contributed by atoms with E-state index >= 15 is 0 Å². The zero-order valence-electron chi connectivity index (χ0n) is 12.3. The summed E-state index contributed by atoms with van der Waals surface area (Å²) in [5.74, 6) is 1.06. The Morgan fingerprint density at radius 2 is 2.32 bits per heavy atom. The van der Waals surface area contributed by atoms with Crippen molar-refractivity contribution in [2.45, 2.75) is 12.5 Å². The lowest BCUT2D eigenvalue weighted by Crippen LogP contribution is -2.27. The highest BCUT2D eigenvalue weighted by Gasteiger charge is 2.23. The molecule has 1 aliphatic rings. The van der Waals surface area contributed by atoms with Crippen molar-refractivity contribution in [2.75, 3.05) is 30.4 Å². The third kappa shape index (κ3) is 3.13. The molecule has 22 heavy (non-hydrogen) atoms. The van der Waals surface area contributed by atoms with Crippen LogP contribution in [0.5, 0.6) is 0 Å². The molecule has 7 heteroatoms. The van der Waals surface area contributed by atoms with E-state index in [-0.39, 0.29) is 11.7 Å². The number of hydrogen-bond acceptors (Lipinski definition) is 7. The number of nitrogens with zero attached hydrogens (tertiary/aromatic N) is 4. The quantitative estimate of drug-likeness (QED) is 0.853. The maximum absolute atomic E-state index is 11.5. The zero-order valence-corrected chi connectivity index (χ0v) is 12.3. The minimum absolute atomic E-state index is 0.201.